The summed E-state index contributed by atoms with van der Waals surface area (Å²) in [5, 5.41) is 10.3. The predicted octanol–water partition coefficient (Wildman–Crippen LogP) is 7.76. The minimum atomic E-state index is -0.726. The average molecular weight is 375 g/mol. The first-order valence-corrected chi connectivity index (χ1v) is 11.4. The molecule has 1 rings (SSSR count). The van der Waals surface area contributed by atoms with Gasteiger partial charge in [0.25, 0.3) is 0 Å². The van der Waals surface area contributed by atoms with Crippen LogP contribution in [0.2, 0.25) is 0 Å². The molecule has 154 valence electrons. The molecule has 2 atom stereocenters. The molecule has 0 heterocycles. The molecule has 0 aliphatic heterocycles. The van der Waals surface area contributed by atoms with Crippen molar-refractivity contribution in [3.05, 3.63) is 35.9 Å². The van der Waals surface area contributed by atoms with E-state index < -0.39 is 11.4 Å². The summed E-state index contributed by atoms with van der Waals surface area (Å²) in [5.41, 5.74) is 0.264. The largest absolute Gasteiger partial charge is 0.481 e. The van der Waals surface area contributed by atoms with Gasteiger partial charge in [-0.2, -0.15) is 0 Å². The van der Waals surface area contributed by atoms with Gasteiger partial charge in [0.05, 0.1) is 5.41 Å². The molecule has 0 fully saturated rings. The predicted molar refractivity (Wildman–Crippen MR) is 116 cm³/mol. The number of hydrogen-bond donors (Lipinski definition) is 1. The van der Waals surface area contributed by atoms with Gasteiger partial charge in [0.1, 0.15) is 0 Å². The molecular weight excluding hydrogens is 332 g/mol. The van der Waals surface area contributed by atoms with Crippen LogP contribution in [0.3, 0.4) is 0 Å². The van der Waals surface area contributed by atoms with Gasteiger partial charge in [-0.3, -0.25) is 4.79 Å². The van der Waals surface area contributed by atoms with Gasteiger partial charge >= 0.3 is 5.97 Å². The molecular formula is C25H42O2. The van der Waals surface area contributed by atoms with Crippen molar-refractivity contribution in [2.45, 2.75) is 110 Å². The lowest BCUT2D eigenvalue weighted by atomic mass is 9.70. The minimum absolute atomic E-state index is 0.443. The first kappa shape index (κ1) is 23.7. The third-order valence-electron chi connectivity index (χ3n) is 5.94. The maximum absolute atomic E-state index is 12.5. The Morgan fingerprint density at radius 1 is 0.889 bits per heavy atom. The topological polar surface area (TPSA) is 37.3 Å². The first-order valence-electron chi connectivity index (χ1n) is 11.4. The fraction of sp³-hybridized carbons (Fsp3) is 0.720. The Morgan fingerprint density at radius 3 is 2.04 bits per heavy atom. The maximum atomic E-state index is 12.5. The third-order valence-corrected chi connectivity index (χ3v) is 5.94. The molecule has 2 unspecified atom stereocenters. The van der Waals surface area contributed by atoms with E-state index in [-0.39, 0.29) is 0 Å². The van der Waals surface area contributed by atoms with Crippen LogP contribution in [0.5, 0.6) is 0 Å². The van der Waals surface area contributed by atoms with Gasteiger partial charge in [-0.1, -0.05) is 122 Å². The van der Waals surface area contributed by atoms with Crippen molar-refractivity contribution in [3.8, 4) is 0 Å². The van der Waals surface area contributed by atoms with Gasteiger partial charge in [-0.05, 0) is 24.3 Å². The Kier molecular flexibility index (Phi) is 12.1. The fourth-order valence-electron chi connectivity index (χ4n) is 4.26. The second-order valence-electron chi connectivity index (χ2n) is 8.43. The van der Waals surface area contributed by atoms with E-state index in [2.05, 4.69) is 20.8 Å². The van der Waals surface area contributed by atoms with Crippen LogP contribution < -0.4 is 0 Å². The zero-order valence-corrected chi connectivity index (χ0v) is 18.0. The number of carboxylic acids is 1. The molecule has 1 aromatic rings. The van der Waals surface area contributed by atoms with Crippen molar-refractivity contribution in [1.29, 1.82) is 0 Å². The van der Waals surface area contributed by atoms with Crippen molar-refractivity contribution in [2.75, 3.05) is 0 Å². The molecule has 2 heteroatoms. The summed E-state index contributed by atoms with van der Waals surface area (Å²) in [4.78, 5) is 12.5. The van der Waals surface area contributed by atoms with Crippen LogP contribution in [-0.4, -0.2) is 11.1 Å². The second-order valence-corrected chi connectivity index (χ2v) is 8.43. The molecule has 0 aromatic heterocycles. The number of hydrogen-bond acceptors (Lipinski definition) is 1. The number of unbranched alkanes of at least 4 members (excludes halogenated alkanes) is 8. The van der Waals surface area contributed by atoms with E-state index >= 15 is 0 Å². The van der Waals surface area contributed by atoms with E-state index in [9.17, 15) is 9.90 Å². The lowest BCUT2D eigenvalue weighted by molar-refractivity contribution is -0.145. The minimum Gasteiger partial charge on any atom is -0.481 e. The molecule has 1 aromatic carbocycles. The van der Waals surface area contributed by atoms with E-state index in [4.69, 9.17) is 0 Å². The van der Waals surface area contributed by atoms with Crippen LogP contribution in [0.1, 0.15) is 110 Å². The SMILES string of the molecule is CCCCCCCCC(C)CC(CCCCCC)(C(=O)O)c1ccccc1. The fourth-order valence-corrected chi connectivity index (χ4v) is 4.26. The van der Waals surface area contributed by atoms with Crippen molar-refractivity contribution in [1.82, 2.24) is 0 Å². The average Bonchev–Trinajstić information content (AvgIpc) is 2.67. The van der Waals surface area contributed by atoms with Gasteiger partial charge in [-0.15, -0.1) is 0 Å². The zero-order valence-electron chi connectivity index (χ0n) is 18.0. The van der Waals surface area contributed by atoms with E-state index in [1.165, 1.54) is 51.4 Å². The van der Waals surface area contributed by atoms with Crippen LogP contribution in [0.4, 0.5) is 0 Å². The van der Waals surface area contributed by atoms with Crippen LogP contribution >= 0.6 is 0 Å². The molecule has 0 bridgehead atoms. The molecule has 1 N–H and O–H groups in total. The summed E-state index contributed by atoms with van der Waals surface area (Å²) < 4.78 is 0. The summed E-state index contributed by atoms with van der Waals surface area (Å²) in [6.07, 6.45) is 14.9. The zero-order chi connectivity index (χ0) is 20.0. The lowest BCUT2D eigenvalue weighted by Gasteiger charge is -2.33. The monoisotopic (exact) mass is 374 g/mol. The Labute approximate surface area is 167 Å². The summed E-state index contributed by atoms with van der Waals surface area (Å²) >= 11 is 0. The molecule has 0 spiro atoms. The first-order chi connectivity index (χ1) is 13.1. The number of aliphatic carboxylic acids is 1. The van der Waals surface area contributed by atoms with Gasteiger partial charge in [0.15, 0.2) is 0 Å². The summed E-state index contributed by atoms with van der Waals surface area (Å²) in [7, 11) is 0. The highest BCUT2D eigenvalue weighted by atomic mass is 16.4. The molecule has 0 aliphatic carbocycles. The Morgan fingerprint density at radius 2 is 1.44 bits per heavy atom. The summed E-state index contributed by atoms with van der Waals surface area (Å²) in [6.45, 7) is 6.70. The smallest absolute Gasteiger partial charge is 0.314 e. The standard InChI is InChI=1S/C25H42O2/c1-4-6-8-10-11-13-17-22(3)21-25(24(26)27,20-16-9-7-5-2)23-18-14-12-15-19-23/h12,14-15,18-19,22H,4-11,13,16-17,20-21H2,1-3H3,(H,26,27). The van der Waals surface area contributed by atoms with E-state index in [1.807, 2.05) is 30.3 Å². The molecule has 0 saturated heterocycles. The van der Waals surface area contributed by atoms with Crippen LogP contribution in [0, 0.1) is 5.92 Å². The molecule has 0 aliphatic rings. The van der Waals surface area contributed by atoms with Gasteiger partial charge in [-0.25, -0.2) is 0 Å². The maximum Gasteiger partial charge on any atom is 0.314 e. The molecule has 0 saturated carbocycles. The van der Waals surface area contributed by atoms with Crippen molar-refractivity contribution in [2.24, 2.45) is 5.92 Å². The van der Waals surface area contributed by atoms with Crippen molar-refractivity contribution >= 4 is 5.97 Å². The second kappa shape index (κ2) is 13.8. The normalized spacial score (nSPS) is 14.6. The molecule has 0 amide bonds. The number of benzene rings is 1. The number of rotatable bonds is 16. The van der Waals surface area contributed by atoms with Gasteiger partial charge in [0.2, 0.25) is 0 Å². The van der Waals surface area contributed by atoms with Crippen molar-refractivity contribution < 1.29 is 9.90 Å². The Bertz CT molecular complexity index is 496. The summed E-state index contributed by atoms with van der Waals surface area (Å²) in [6, 6.07) is 9.98. The Hall–Kier alpha value is -1.31. The highest BCUT2D eigenvalue weighted by molar-refractivity contribution is 5.81. The van der Waals surface area contributed by atoms with E-state index in [0.717, 1.165) is 37.7 Å². The van der Waals surface area contributed by atoms with Gasteiger partial charge in [0, 0.05) is 0 Å². The number of carboxylic acid groups (broad SMARTS) is 1. The Balaban J connectivity index is 2.73. The quantitative estimate of drug-likeness (QED) is 0.300. The van der Waals surface area contributed by atoms with E-state index in [0.29, 0.717) is 5.92 Å². The third kappa shape index (κ3) is 8.49. The van der Waals surface area contributed by atoms with Crippen molar-refractivity contribution in [3.63, 3.8) is 0 Å². The van der Waals surface area contributed by atoms with Crippen LogP contribution in [0.15, 0.2) is 30.3 Å². The van der Waals surface area contributed by atoms with Crippen LogP contribution in [0.25, 0.3) is 0 Å². The van der Waals surface area contributed by atoms with Crippen LogP contribution in [-0.2, 0) is 10.2 Å². The highest BCUT2D eigenvalue weighted by Gasteiger charge is 2.40. The summed E-state index contributed by atoms with van der Waals surface area (Å²) in [5.74, 6) is -0.196. The lowest BCUT2D eigenvalue weighted by Crippen LogP contribution is -2.37. The highest BCUT2D eigenvalue weighted by Crippen LogP contribution is 2.38. The molecule has 27 heavy (non-hydrogen) atoms. The van der Waals surface area contributed by atoms with Gasteiger partial charge < -0.3 is 5.11 Å². The number of carbonyl (C=O) groups is 1. The molecule has 0 radical (unpaired) electrons. The molecule has 2 nitrogen and oxygen atoms in total. The van der Waals surface area contributed by atoms with E-state index in [1.54, 1.807) is 0 Å².